The molecular weight excluding hydrogens is 338 g/mol. The van der Waals surface area contributed by atoms with Gasteiger partial charge in [-0.25, -0.2) is 9.50 Å². The van der Waals surface area contributed by atoms with Crippen molar-refractivity contribution in [2.24, 2.45) is 5.73 Å². The van der Waals surface area contributed by atoms with E-state index in [0.717, 1.165) is 54.0 Å². The number of nitrogens with zero attached hydrogens (tertiary/aromatic N) is 4. The maximum Gasteiger partial charge on any atom is 0.177 e. The summed E-state index contributed by atoms with van der Waals surface area (Å²) < 4.78 is 1.74. The molecule has 1 fully saturated rings. The maximum absolute atomic E-state index is 6.40. The maximum atomic E-state index is 6.40. The molecular formula is C20H27N7. The summed E-state index contributed by atoms with van der Waals surface area (Å²) in [5.41, 5.74) is 17.5. The highest BCUT2D eigenvalue weighted by molar-refractivity contribution is 5.81. The Hall–Kier alpha value is -2.80. The number of rotatable bonds is 4. The van der Waals surface area contributed by atoms with E-state index in [-0.39, 0.29) is 0 Å². The lowest BCUT2D eigenvalue weighted by Crippen LogP contribution is -2.26. The van der Waals surface area contributed by atoms with E-state index in [4.69, 9.17) is 11.5 Å². The van der Waals surface area contributed by atoms with Crippen LogP contribution in [0.1, 0.15) is 37.2 Å². The largest absolute Gasteiger partial charge is 0.382 e. The van der Waals surface area contributed by atoms with Gasteiger partial charge in [-0.15, -0.1) is 5.10 Å². The standard InChI is InChI=1S/C20H27N7/c1-26(2)16-5-3-4-15(12-16)24-18-17(13-6-8-14(21)9-7-13)19(22)25-27-11-10-23-20(18)27/h3-5,10-14,24H,6-9,21H2,1-2H3,(H2,22,25)/t13-,14-. The monoisotopic (exact) mass is 365 g/mol. The average molecular weight is 365 g/mol. The predicted molar refractivity (Wildman–Crippen MR) is 111 cm³/mol. The number of nitrogens with one attached hydrogen (secondary N) is 1. The van der Waals surface area contributed by atoms with E-state index in [1.807, 2.05) is 26.4 Å². The van der Waals surface area contributed by atoms with Crippen LogP contribution in [-0.4, -0.2) is 34.7 Å². The first-order valence-electron chi connectivity index (χ1n) is 9.45. The van der Waals surface area contributed by atoms with E-state index in [1.54, 1.807) is 10.7 Å². The fraction of sp³-hybridized carbons (Fsp3) is 0.400. The molecule has 3 aromatic rings. The van der Waals surface area contributed by atoms with E-state index in [0.29, 0.717) is 17.8 Å². The molecule has 0 amide bonds. The van der Waals surface area contributed by atoms with E-state index in [1.165, 1.54) is 0 Å². The number of imidazole rings is 1. The molecule has 0 atom stereocenters. The molecule has 0 aliphatic heterocycles. The molecule has 142 valence electrons. The van der Waals surface area contributed by atoms with Crippen LogP contribution in [0.3, 0.4) is 0 Å². The van der Waals surface area contributed by atoms with Gasteiger partial charge in [-0.05, 0) is 49.8 Å². The van der Waals surface area contributed by atoms with Gasteiger partial charge < -0.3 is 21.7 Å². The second-order valence-corrected chi connectivity index (χ2v) is 7.55. The van der Waals surface area contributed by atoms with E-state index < -0.39 is 0 Å². The molecule has 2 heterocycles. The molecule has 7 nitrogen and oxygen atoms in total. The zero-order valence-electron chi connectivity index (χ0n) is 15.9. The molecule has 0 bridgehead atoms. The molecule has 7 heteroatoms. The van der Waals surface area contributed by atoms with Crippen LogP contribution in [0.2, 0.25) is 0 Å². The van der Waals surface area contributed by atoms with Gasteiger partial charge in [0, 0.05) is 49.5 Å². The smallest absolute Gasteiger partial charge is 0.177 e. The Labute approximate surface area is 159 Å². The van der Waals surface area contributed by atoms with Crippen molar-refractivity contribution >= 4 is 28.5 Å². The van der Waals surface area contributed by atoms with E-state index in [2.05, 4.69) is 38.5 Å². The summed E-state index contributed by atoms with van der Waals surface area (Å²) in [6.45, 7) is 0. The number of nitrogen functional groups attached to an aromatic ring is 1. The summed E-state index contributed by atoms with van der Waals surface area (Å²) in [6.07, 6.45) is 7.66. The number of nitrogens with two attached hydrogens (primary N) is 2. The second kappa shape index (κ2) is 7.08. The highest BCUT2D eigenvalue weighted by Crippen LogP contribution is 2.41. The number of hydrogen-bond acceptors (Lipinski definition) is 6. The Morgan fingerprint density at radius 1 is 1.19 bits per heavy atom. The number of benzene rings is 1. The zero-order chi connectivity index (χ0) is 19.0. The third-order valence-corrected chi connectivity index (χ3v) is 5.42. The fourth-order valence-corrected chi connectivity index (χ4v) is 3.93. The summed E-state index contributed by atoms with van der Waals surface area (Å²) in [7, 11) is 4.07. The van der Waals surface area contributed by atoms with Crippen LogP contribution < -0.4 is 21.7 Å². The Balaban J connectivity index is 1.79. The van der Waals surface area contributed by atoms with Gasteiger partial charge in [-0.2, -0.15) is 0 Å². The zero-order valence-corrected chi connectivity index (χ0v) is 15.9. The third kappa shape index (κ3) is 3.42. The highest BCUT2D eigenvalue weighted by Gasteiger charge is 2.27. The number of hydrogen-bond donors (Lipinski definition) is 3. The molecule has 1 aliphatic carbocycles. The van der Waals surface area contributed by atoms with Gasteiger partial charge in [-0.1, -0.05) is 6.07 Å². The van der Waals surface area contributed by atoms with Crippen LogP contribution in [0.5, 0.6) is 0 Å². The van der Waals surface area contributed by atoms with E-state index >= 15 is 0 Å². The first-order valence-corrected chi connectivity index (χ1v) is 9.45. The van der Waals surface area contributed by atoms with Gasteiger partial charge in [0.25, 0.3) is 0 Å². The van der Waals surface area contributed by atoms with Crippen molar-refractivity contribution in [1.82, 2.24) is 14.6 Å². The van der Waals surface area contributed by atoms with Crippen LogP contribution in [-0.2, 0) is 0 Å². The van der Waals surface area contributed by atoms with Crippen molar-refractivity contribution in [3.8, 4) is 0 Å². The molecule has 4 rings (SSSR count). The van der Waals surface area contributed by atoms with Gasteiger partial charge >= 0.3 is 0 Å². The normalized spacial score (nSPS) is 20.0. The highest BCUT2D eigenvalue weighted by atomic mass is 15.3. The Bertz CT molecular complexity index is 939. The van der Waals surface area contributed by atoms with Crippen molar-refractivity contribution in [3.05, 3.63) is 42.2 Å². The predicted octanol–water partition coefficient (Wildman–Crippen LogP) is 3.11. The summed E-state index contributed by atoms with van der Waals surface area (Å²) in [5, 5.41) is 8.12. The first-order chi connectivity index (χ1) is 13.0. The molecule has 1 aromatic carbocycles. The van der Waals surface area contributed by atoms with Gasteiger partial charge in [0.05, 0.1) is 5.69 Å². The van der Waals surface area contributed by atoms with Crippen LogP contribution in [0, 0.1) is 0 Å². The van der Waals surface area contributed by atoms with Gasteiger partial charge in [0.2, 0.25) is 0 Å². The van der Waals surface area contributed by atoms with Crippen molar-refractivity contribution < 1.29 is 0 Å². The molecule has 5 N–H and O–H groups in total. The molecule has 0 saturated heterocycles. The molecule has 2 aromatic heterocycles. The minimum Gasteiger partial charge on any atom is -0.382 e. The van der Waals surface area contributed by atoms with Crippen molar-refractivity contribution in [3.63, 3.8) is 0 Å². The Morgan fingerprint density at radius 3 is 2.70 bits per heavy atom. The molecule has 0 spiro atoms. The van der Waals surface area contributed by atoms with E-state index in [9.17, 15) is 0 Å². The average Bonchev–Trinajstić information content (AvgIpc) is 3.11. The van der Waals surface area contributed by atoms with Crippen LogP contribution in [0.25, 0.3) is 5.65 Å². The van der Waals surface area contributed by atoms with Gasteiger partial charge in [0.1, 0.15) is 5.82 Å². The number of aromatic nitrogens is 3. The molecule has 27 heavy (non-hydrogen) atoms. The molecule has 1 aliphatic rings. The fourth-order valence-electron chi connectivity index (χ4n) is 3.93. The van der Waals surface area contributed by atoms with Crippen molar-refractivity contribution in [1.29, 1.82) is 0 Å². The summed E-state index contributed by atoms with van der Waals surface area (Å²) >= 11 is 0. The van der Waals surface area contributed by atoms with Crippen LogP contribution in [0.4, 0.5) is 22.9 Å². The third-order valence-electron chi connectivity index (χ3n) is 5.42. The first kappa shape index (κ1) is 17.6. The lowest BCUT2D eigenvalue weighted by atomic mass is 9.81. The Kier molecular flexibility index (Phi) is 4.61. The summed E-state index contributed by atoms with van der Waals surface area (Å²) in [6, 6.07) is 8.60. The lowest BCUT2D eigenvalue weighted by molar-refractivity contribution is 0.396. The van der Waals surface area contributed by atoms with Crippen LogP contribution in [0.15, 0.2) is 36.7 Å². The van der Waals surface area contributed by atoms with Gasteiger partial charge in [0.15, 0.2) is 5.65 Å². The summed E-state index contributed by atoms with van der Waals surface area (Å²) in [5.74, 6) is 0.908. The van der Waals surface area contributed by atoms with Crippen molar-refractivity contribution in [2.75, 3.05) is 30.0 Å². The molecule has 0 radical (unpaired) electrons. The van der Waals surface area contributed by atoms with Crippen molar-refractivity contribution in [2.45, 2.75) is 37.6 Å². The summed E-state index contributed by atoms with van der Waals surface area (Å²) in [4.78, 5) is 6.62. The van der Waals surface area contributed by atoms with Crippen LogP contribution >= 0.6 is 0 Å². The minimum atomic E-state index is 0.291. The second-order valence-electron chi connectivity index (χ2n) is 7.55. The topological polar surface area (TPSA) is 97.5 Å². The molecule has 0 unspecified atom stereocenters. The number of anilines is 4. The SMILES string of the molecule is CN(C)c1cccc(Nc2c3nccn3nc(N)c2[C@H]2CC[C@H](N)CC2)c1. The number of fused-ring (bicyclic) bond motifs is 1. The lowest BCUT2D eigenvalue weighted by Gasteiger charge is -2.29. The van der Waals surface area contributed by atoms with Gasteiger partial charge in [-0.3, -0.25) is 0 Å². The minimum absolute atomic E-state index is 0.291. The quantitative estimate of drug-likeness (QED) is 0.657. The molecule has 1 saturated carbocycles. The Morgan fingerprint density at radius 2 is 1.96 bits per heavy atom.